The van der Waals surface area contributed by atoms with Crippen LogP contribution in [0.4, 0.5) is 0 Å². The number of hydrogen-bond acceptors (Lipinski definition) is 1. The number of hydrogen-bond donors (Lipinski definition) is 0. The van der Waals surface area contributed by atoms with Crippen molar-refractivity contribution in [3.63, 3.8) is 0 Å². The molecular formula is C21H28O. The first-order valence-electron chi connectivity index (χ1n) is 7.99. The second kappa shape index (κ2) is 6.66. The highest BCUT2D eigenvalue weighted by molar-refractivity contribution is 5.48. The van der Waals surface area contributed by atoms with Gasteiger partial charge in [-0.25, -0.2) is 0 Å². The van der Waals surface area contributed by atoms with Crippen LogP contribution in [0.2, 0.25) is 0 Å². The summed E-state index contributed by atoms with van der Waals surface area (Å²) in [4.78, 5) is 0. The fraction of sp³-hybridized carbons (Fsp3) is 0.429. The smallest absolute Gasteiger partial charge is 0.0571 e. The van der Waals surface area contributed by atoms with Crippen LogP contribution in [0, 0.1) is 41.5 Å². The Balaban J connectivity index is 2.66. The lowest BCUT2D eigenvalue weighted by molar-refractivity contribution is 0.189. The zero-order valence-electron chi connectivity index (χ0n) is 15.0. The molecule has 0 saturated carbocycles. The molecule has 0 spiro atoms. The molecule has 22 heavy (non-hydrogen) atoms. The first kappa shape index (κ1) is 16.8. The summed E-state index contributed by atoms with van der Waals surface area (Å²) in [7, 11) is 1.79. The Morgan fingerprint density at radius 2 is 1.14 bits per heavy atom. The number of methoxy groups -OCH3 is 1. The summed E-state index contributed by atoms with van der Waals surface area (Å²) < 4.78 is 5.58. The van der Waals surface area contributed by atoms with Crippen molar-refractivity contribution in [2.75, 3.05) is 13.7 Å². The molecular weight excluding hydrogens is 268 g/mol. The maximum atomic E-state index is 5.58. The van der Waals surface area contributed by atoms with Gasteiger partial charge in [0, 0.05) is 13.0 Å². The van der Waals surface area contributed by atoms with Gasteiger partial charge in [0.05, 0.1) is 6.61 Å². The van der Waals surface area contributed by atoms with Crippen molar-refractivity contribution in [2.45, 2.75) is 47.5 Å². The Hall–Kier alpha value is -1.60. The lowest BCUT2D eigenvalue weighted by Crippen LogP contribution is -2.13. The van der Waals surface area contributed by atoms with E-state index in [0.29, 0.717) is 12.5 Å². The van der Waals surface area contributed by atoms with E-state index >= 15 is 0 Å². The molecule has 0 aliphatic rings. The molecule has 0 amide bonds. The molecule has 0 atom stereocenters. The first-order chi connectivity index (χ1) is 10.3. The molecule has 1 heteroatoms. The highest BCUT2D eigenvalue weighted by atomic mass is 16.5. The van der Waals surface area contributed by atoms with E-state index in [1.807, 2.05) is 0 Å². The van der Waals surface area contributed by atoms with Gasteiger partial charge >= 0.3 is 0 Å². The molecule has 0 heterocycles. The van der Waals surface area contributed by atoms with E-state index in [-0.39, 0.29) is 0 Å². The van der Waals surface area contributed by atoms with E-state index in [9.17, 15) is 0 Å². The molecule has 0 aromatic heterocycles. The summed E-state index contributed by atoms with van der Waals surface area (Å²) in [6.07, 6.45) is 0. The van der Waals surface area contributed by atoms with Crippen molar-refractivity contribution in [3.05, 3.63) is 68.8 Å². The van der Waals surface area contributed by atoms with Crippen molar-refractivity contribution >= 4 is 0 Å². The van der Waals surface area contributed by atoms with Gasteiger partial charge in [-0.05, 0) is 74.9 Å². The largest absolute Gasteiger partial charge is 0.384 e. The van der Waals surface area contributed by atoms with Crippen LogP contribution in [0.1, 0.15) is 50.4 Å². The van der Waals surface area contributed by atoms with Crippen LogP contribution in [-0.2, 0) is 4.74 Å². The second-order valence-corrected chi connectivity index (χ2v) is 6.60. The summed E-state index contributed by atoms with van der Waals surface area (Å²) in [6, 6.07) is 9.17. The number of aryl methyl sites for hydroxylation is 4. The first-order valence-corrected chi connectivity index (χ1v) is 7.99. The van der Waals surface area contributed by atoms with E-state index in [1.54, 1.807) is 7.11 Å². The minimum atomic E-state index is 0.294. The molecule has 0 aliphatic carbocycles. The van der Waals surface area contributed by atoms with Gasteiger partial charge in [0.2, 0.25) is 0 Å². The van der Waals surface area contributed by atoms with Crippen LogP contribution in [0.3, 0.4) is 0 Å². The van der Waals surface area contributed by atoms with Crippen LogP contribution in [-0.4, -0.2) is 13.7 Å². The molecule has 1 nitrogen and oxygen atoms in total. The standard InChI is InChI=1S/C21H28O/c1-13-8-15(3)17(5)19(10-13)21(12-22-7)20-11-14(2)9-16(4)18(20)6/h8-11,21H,12H2,1-7H3. The molecule has 2 aromatic rings. The Morgan fingerprint density at radius 3 is 1.50 bits per heavy atom. The van der Waals surface area contributed by atoms with Gasteiger partial charge in [0.1, 0.15) is 0 Å². The summed E-state index contributed by atoms with van der Waals surface area (Å²) in [5.74, 6) is 0.294. The van der Waals surface area contributed by atoms with Crippen LogP contribution < -0.4 is 0 Å². The van der Waals surface area contributed by atoms with E-state index < -0.39 is 0 Å². The number of ether oxygens (including phenoxy) is 1. The zero-order chi connectivity index (χ0) is 16.4. The maximum absolute atomic E-state index is 5.58. The summed E-state index contributed by atoms with van der Waals surface area (Å²) in [6.45, 7) is 13.9. The molecule has 118 valence electrons. The quantitative estimate of drug-likeness (QED) is 0.742. The highest BCUT2D eigenvalue weighted by Gasteiger charge is 2.20. The molecule has 0 aliphatic heterocycles. The zero-order valence-corrected chi connectivity index (χ0v) is 15.0. The molecule has 2 rings (SSSR count). The van der Waals surface area contributed by atoms with Gasteiger partial charge in [-0.3, -0.25) is 0 Å². The van der Waals surface area contributed by atoms with E-state index in [0.717, 1.165) is 0 Å². The van der Waals surface area contributed by atoms with Crippen molar-refractivity contribution in [1.29, 1.82) is 0 Å². The summed E-state index contributed by atoms with van der Waals surface area (Å²) >= 11 is 0. The number of benzene rings is 2. The molecule has 0 bridgehead atoms. The van der Waals surface area contributed by atoms with Crippen LogP contribution in [0.5, 0.6) is 0 Å². The molecule has 0 fully saturated rings. The third-order valence-electron chi connectivity index (χ3n) is 4.79. The third-order valence-corrected chi connectivity index (χ3v) is 4.79. The van der Waals surface area contributed by atoms with Gasteiger partial charge in [0.15, 0.2) is 0 Å². The second-order valence-electron chi connectivity index (χ2n) is 6.60. The predicted octanol–water partition coefficient (Wildman–Crippen LogP) is 5.32. The molecule has 2 aromatic carbocycles. The van der Waals surface area contributed by atoms with Gasteiger partial charge in [-0.2, -0.15) is 0 Å². The summed E-state index contributed by atoms with van der Waals surface area (Å²) in [5.41, 5.74) is 10.9. The van der Waals surface area contributed by atoms with Gasteiger partial charge in [-0.1, -0.05) is 35.4 Å². The van der Waals surface area contributed by atoms with Crippen molar-refractivity contribution in [1.82, 2.24) is 0 Å². The van der Waals surface area contributed by atoms with Gasteiger partial charge < -0.3 is 4.74 Å². The molecule has 0 radical (unpaired) electrons. The minimum absolute atomic E-state index is 0.294. The average molecular weight is 296 g/mol. The Bertz CT molecular complexity index is 625. The summed E-state index contributed by atoms with van der Waals surface area (Å²) in [5, 5.41) is 0. The predicted molar refractivity (Wildman–Crippen MR) is 95.0 cm³/mol. The van der Waals surface area contributed by atoms with Gasteiger partial charge in [-0.15, -0.1) is 0 Å². The Labute approximate surface area is 135 Å². The monoisotopic (exact) mass is 296 g/mol. The van der Waals surface area contributed by atoms with Crippen LogP contribution in [0.15, 0.2) is 24.3 Å². The van der Waals surface area contributed by atoms with Crippen molar-refractivity contribution < 1.29 is 4.74 Å². The average Bonchev–Trinajstić information content (AvgIpc) is 2.44. The topological polar surface area (TPSA) is 9.23 Å². The minimum Gasteiger partial charge on any atom is -0.384 e. The normalized spacial score (nSPS) is 11.3. The fourth-order valence-electron chi connectivity index (χ4n) is 3.38. The van der Waals surface area contributed by atoms with E-state index in [2.05, 4.69) is 65.8 Å². The lowest BCUT2D eigenvalue weighted by atomic mass is 9.83. The molecule has 0 saturated heterocycles. The molecule has 0 N–H and O–H groups in total. The van der Waals surface area contributed by atoms with Crippen LogP contribution >= 0.6 is 0 Å². The SMILES string of the molecule is COCC(c1cc(C)cc(C)c1C)c1cc(C)cc(C)c1C. The third kappa shape index (κ3) is 3.25. The number of rotatable bonds is 4. The fourth-order valence-corrected chi connectivity index (χ4v) is 3.38. The lowest BCUT2D eigenvalue weighted by Gasteiger charge is -2.24. The van der Waals surface area contributed by atoms with Crippen molar-refractivity contribution in [3.8, 4) is 0 Å². The van der Waals surface area contributed by atoms with E-state index in [4.69, 9.17) is 4.74 Å². The highest BCUT2D eigenvalue weighted by Crippen LogP contribution is 2.33. The Morgan fingerprint density at radius 1 is 0.727 bits per heavy atom. The Kier molecular flexibility index (Phi) is 5.08. The maximum Gasteiger partial charge on any atom is 0.0571 e. The van der Waals surface area contributed by atoms with E-state index in [1.165, 1.54) is 44.5 Å². The van der Waals surface area contributed by atoms with Gasteiger partial charge in [0.25, 0.3) is 0 Å². The van der Waals surface area contributed by atoms with Crippen molar-refractivity contribution in [2.24, 2.45) is 0 Å². The molecule has 0 unspecified atom stereocenters. The van der Waals surface area contributed by atoms with Crippen LogP contribution in [0.25, 0.3) is 0 Å².